The number of allylic oxidation sites excluding steroid dienone is 2. The van der Waals surface area contributed by atoms with Gasteiger partial charge in [-0.15, -0.1) is 0 Å². The first-order valence-corrected chi connectivity index (χ1v) is 14.9. The minimum atomic E-state index is -1.36. The molecule has 8 nitrogen and oxygen atoms in total. The van der Waals surface area contributed by atoms with E-state index >= 15 is 0 Å². The third-order valence-corrected chi connectivity index (χ3v) is 9.48. The molecule has 0 radical (unpaired) electrons. The van der Waals surface area contributed by atoms with E-state index in [9.17, 15) is 9.59 Å². The Morgan fingerprint density at radius 3 is 2.05 bits per heavy atom. The molecule has 4 rings (SSSR count). The Morgan fingerprint density at radius 2 is 1.53 bits per heavy atom. The zero-order chi connectivity index (χ0) is 27.5. The van der Waals surface area contributed by atoms with E-state index in [1.807, 2.05) is 46.8 Å². The number of esters is 2. The number of carbonyl (C=O) groups excluding carboxylic acids is 2. The first-order chi connectivity index (χ1) is 18.3. The smallest absolute Gasteiger partial charge is 0.319 e. The Bertz CT molecular complexity index is 847. The molecule has 0 aromatic heterocycles. The second-order valence-electron chi connectivity index (χ2n) is 11.4. The van der Waals surface area contributed by atoms with Gasteiger partial charge in [0.15, 0.2) is 18.2 Å². The lowest BCUT2D eigenvalue weighted by molar-refractivity contribution is -0.281. The van der Waals surface area contributed by atoms with E-state index in [2.05, 4.69) is 0 Å². The lowest BCUT2D eigenvalue weighted by Crippen LogP contribution is -2.61. The highest BCUT2D eigenvalue weighted by Crippen LogP contribution is 2.61. The molecule has 0 aromatic carbocycles. The van der Waals surface area contributed by atoms with Crippen LogP contribution in [-0.4, -0.2) is 63.2 Å². The molecule has 0 aliphatic heterocycles. The molecule has 0 N–H and O–H groups in total. The lowest BCUT2D eigenvalue weighted by Gasteiger charge is -2.48. The van der Waals surface area contributed by atoms with Crippen molar-refractivity contribution in [2.45, 2.75) is 91.8 Å². The number of fused-ring (bicyclic) bond motifs is 4. The van der Waals surface area contributed by atoms with E-state index < -0.39 is 41.5 Å². The molecule has 4 aliphatic rings. The molecular formula is C30H48O8. The molecule has 4 bridgehead atoms. The second-order valence-corrected chi connectivity index (χ2v) is 11.4. The number of hydrogen-bond acceptors (Lipinski definition) is 8. The minimum absolute atomic E-state index is 0.109. The number of carbonyl (C=O) groups is 2. The van der Waals surface area contributed by atoms with Crippen molar-refractivity contribution in [1.29, 1.82) is 0 Å². The molecule has 8 atom stereocenters. The Labute approximate surface area is 228 Å². The van der Waals surface area contributed by atoms with Gasteiger partial charge in [0, 0.05) is 32.3 Å². The van der Waals surface area contributed by atoms with Gasteiger partial charge in [-0.2, -0.15) is 0 Å². The van der Waals surface area contributed by atoms with Crippen LogP contribution >= 0.6 is 0 Å². The second kappa shape index (κ2) is 12.4. The zero-order valence-electron chi connectivity index (χ0n) is 24.1. The molecule has 0 aromatic rings. The fourth-order valence-electron chi connectivity index (χ4n) is 8.05. The van der Waals surface area contributed by atoms with E-state index in [0.717, 1.165) is 19.3 Å². The Balaban J connectivity index is 1.79. The number of ether oxygens (including phenoxy) is 6. The maximum Gasteiger partial charge on any atom is 0.319 e. The monoisotopic (exact) mass is 536 g/mol. The van der Waals surface area contributed by atoms with Crippen molar-refractivity contribution < 1.29 is 38.0 Å². The highest BCUT2D eigenvalue weighted by atomic mass is 16.7. The summed E-state index contributed by atoms with van der Waals surface area (Å²) in [6.45, 7) is 13.1. The molecule has 0 heterocycles. The van der Waals surface area contributed by atoms with Gasteiger partial charge in [0.2, 0.25) is 0 Å². The quantitative estimate of drug-likeness (QED) is 0.166. The molecule has 38 heavy (non-hydrogen) atoms. The van der Waals surface area contributed by atoms with Crippen LogP contribution in [0.4, 0.5) is 0 Å². The summed E-state index contributed by atoms with van der Waals surface area (Å²) in [5.74, 6) is -0.843. The maximum absolute atomic E-state index is 14.8. The van der Waals surface area contributed by atoms with Crippen LogP contribution in [0.25, 0.3) is 0 Å². The molecule has 3 saturated carbocycles. The molecule has 8 heteroatoms. The van der Waals surface area contributed by atoms with Crippen LogP contribution in [0.1, 0.15) is 73.6 Å². The molecule has 0 amide bonds. The molecule has 4 aliphatic carbocycles. The van der Waals surface area contributed by atoms with E-state index in [1.54, 1.807) is 6.92 Å². The molecule has 8 unspecified atom stereocenters. The van der Waals surface area contributed by atoms with Crippen LogP contribution in [0.15, 0.2) is 12.2 Å². The van der Waals surface area contributed by atoms with Crippen molar-refractivity contribution in [2.24, 2.45) is 40.9 Å². The van der Waals surface area contributed by atoms with Crippen LogP contribution in [0, 0.1) is 40.9 Å². The van der Waals surface area contributed by atoms with Gasteiger partial charge >= 0.3 is 11.9 Å². The SMILES string of the molecule is CCOC(=O)C1C2C=CC(C2)C1(C(=O)OC(C)(C(OCC)OCC)C1CC2CCC1C2)C(OCC)OCC. The first-order valence-electron chi connectivity index (χ1n) is 14.9. The van der Waals surface area contributed by atoms with Crippen LogP contribution in [-0.2, 0) is 38.0 Å². The highest BCUT2D eigenvalue weighted by Gasteiger charge is 2.70. The van der Waals surface area contributed by atoms with Crippen molar-refractivity contribution in [3.8, 4) is 0 Å². The summed E-state index contributed by atoms with van der Waals surface area (Å²) in [5, 5.41) is 0. The summed E-state index contributed by atoms with van der Waals surface area (Å²) in [4.78, 5) is 28.3. The van der Waals surface area contributed by atoms with E-state index in [4.69, 9.17) is 28.4 Å². The Hall–Kier alpha value is -1.48. The maximum atomic E-state index is 14.8. The Morgan fingerprint density at radius 1 is 0.868 bits per heavy atom. The van der Waals surface area contributed by atoms with Gasteiger partial charge in [0.25, 0.3) is 0 Å². The van der Waals surface area contributed by atoms with Crippen molar-refractivity contribution in [1.82, 2.24) is 0 Å². The standard InChI is InChI=1S/C30H48O8/c1-7-33-25(31)24-21-14-15-22(18-21)30(24,28(36-10-4)37-11-5)26(32)38-29(6,27(34-8-2)35-9-3)23-17-19-12-13-20(23)16-19/h14-15,19-24,27-28H,7-13,16-18H2,1-6H3. The van der Waals surface area contributed by atoms with Crippen molar-refractivity contribution >= 4 is 11.9 Å². The molecule has 216 valence electrons. The van der Waals surface area contributed by atoms with Crippen LogP contribution in [0.5, 0.6) is 0 Å². The van der Waals surface area contributed by atoms with Gasteiger partial charge in [-0.05, 0) is 90.9 Å². The summed E-state index contributed by atoms with van der Waals surface area (Å²) >= 11 is 0. The van der Waals surface area contributed by atoms with Gasteiger partial charge < -0.3 is 28.4 Å². The minimum Gasteiger partial charge on any atom is -0.466 e. The average Bonchev–Trinajstić information content (AvgIpc) is 3.69. The van der Waals surface area contributed by atoms with Crippen LogP contribution < -0.4 is 0 Å². The fourth-order valence-corrected chi connectivity index (χ4v) is 8.05. The van der Waals surface area contributed by atoms with E-state index in [-0.39, 0.29) is 24.4 Å². The predicted octanol–water partition coefficient (Wildman–Crippen LogP) is 4.89. The summed E-state index contributed by atoms with van der Waals surface area (Å²) < 4.78 is 36.8. The van der Waals surface area contributed by atoms with Gasteiger partial charge in [-0.25, -0.2) is 0 Å². The third-order valence-electron chi connectivity index (χ3n) is 9.48. The lowest BCUT2D eigenvalue weighted by atomic mass is 9.67. The van der Waals surface area contributed by atoms with Crippen LogP contribution in [0.3, 0.4) is 0 Å². The topological polar surface area (TPSA) is 89.5 Å². The summed E-state index contributed by atoms with van der Waals surface area (Å²) in [6.07, 6.45) is 7.53. The number of hydrogen-bond donors (Lipinski definition) is 0. The Kier molecular flexibility index (Phi) is 9.60. The van der Waals surface area contributed by atoms with E-state index in [1.165, 1.54) is 6.42 Å². The van der Waals surface area contributed by atoms with Gasteiger partial charge in [0.05, 0.1) is 12.5 Å². The third kappa shape index (κ3) is 4.95. The molecular weight excluding hydrogens is 488 g/mol. The summed E-state index contributed by atoms with van der Waals surface area (Å²) in [5.41, 5.74) is -2.39. The van der Waals surface area contributed by atoms with Gasteiger partial charge in [-0.1, -0.05) is 18.6 Å². The van der Waals surface area contributed by atoms with Crippen molar-refractivity contribution in [3.05, 3.63) is 12.2 Å². The van der Waals surface area contributed by atoms with Crippen molar-refractivity contribution in [2.75, 3.05) is 33.0 Å². The highest BCUT2D eigenvalue weighted by molar-refractivity contribution is 5.88. The predicted molar refractivity (Wildman–Crippen MR) is 141 cm³/mol. The average molecular weight is 537 g/mol. The number of rotatable bonds is 15. The summed E-state index contributed by atoms with van der Waals surface area (Å²) in [7, 11) is 0. The molecule has 0 spiro atoms. The van der Waals surface area contributed by atoms with Gasteiger partial charge in [-0.3, -0.25) is 9.59 Å². The first kappa shape index (κ1) is 29.5. The van der Waals surface area contributed by atoms with E-state index in [0.29, 0.717) is 44.7 Å². The summed E-state index contributed by atoms with van der Waals surface area (Å²) in [6, 6.07) is 0. The van der Waals surface area contributed by atoms with Crippen molar-refractivity contribution in [3.63, 3.8) is 0 Å². The molecule has 3 fully saturated rings. The zero-order valence-corrected chi connectivity index (χ0v) is 24.1. The largest absolute Gasteiger partial charge is 0.466 e. The normalized spacial score (nSPS) is 34.8. The fraction of sp³-hybridized carbons (Fsp3) is 0.867. The molecule has 0 saturated heterocycles. The van der Waals surface area contributed by atoms with Crippen LogP contribution in [0.2, 0.25) is 0 Å². The van der Waals surface area contributed by atoms with Gasteiger partial charge in [0.1, 0.15) is 5.41 Å².